The van der Waals surface area contributed by atoms with E-state index in [9.17, 15) is 4.79 Å². The number of amides is 1. The lowest BCUT2D eigenvalue weighted by atomic mass is 9.91. The number of fused-ring (bicyclic) bond motifs is 3. The summed E-state index contributed by atoms with van der Waals surface area (Å²) in [5.74, 6) is 1.95. The van der Waals surface area contributed by atoms with Crippen molar-refractivity contribution in [2.75, 3.05) is 43.6 Å². The third-order valence-electron chi connectivity index (χ3n) is 7.88. The van der Waals surface area contributed by atoms with Crippen molar-refractivity contribution < 1.29 is 14.3 Å². The standard InChI is InChI=1S/C29H27N5O3/c1-36-20-5-8-25-22(15-20)29(28(35)31-25)16-23(29)19-4-6-21-24(32-33-26(21)14-19)7-2-18-3-9-27(30-17-18)34-10-12-37-13-11-34/h2-9,14-15,17,23H,10-13,16H2,1H3,(H,31,35)(H,32,33)/b7-2+. The number of pyridine rings is 1. The number of carbonyl (C=O) groups is 1. The minimum Gasteiger partial charge on any atom is -0.497 e. The third kappa shape index (κ3) is 3.59. The first-order valence-corrected chi connectivity index (χ1v) is 12.6. The van der Waals surface area contributed by atoms with Crippen LogP contribution in [0.5, 0.6) is 5.75 Å². The van der Waals surface area contributed by atoms with E-state index < -0.39 is 5.41 Å². The molecular formula is C29H27N5O3. The number of ether oxygens (including phenoxy) is 2. The van der Waals surface area contributed by atoms with Gasteiger partial charge in [0, 0.05) is 36.3 Å². The van der Waals surface area contributed by atoms with Gasteiger partial charge in [-0.2, -0.15) is 5.10 Å². The van der Waals surface area contributed by atoms with E-state index in [0.717, 1.165) is 83.3 Å². The zero-order valence-corrected chi connectivity index (χ0v) is 20.5. The molecule has 1 saturated heterocycles. The van der Waals surface area contributed by atoms with E-state index in [1.807, 2.05) is 36.5 Å². The number of rotatable bonds is 5. The topological polar surface area (TPSA) is 92.4 Å². The average Bonchev–Trinajstić information content (AvgIpc) is 3.49. The largest absolute Gasteiger partial charge is 0.497 e. The van der Waals surface area contributed by atoms with Crippen LogP contribution in [0.2, 0.25) is 0 Å². The molecule has 8 heteroatoms. The molecule has 2 atom stereocenters. The molecule has 2 aromatic heterocycles. The highest BCUT2D eigenvalue weighted by atomic mass is 16.5. The fourth-order valence-electron chi connectivity index (χ4n) is 5.75. The van der Waals surface area contributed by atoms with Crippen molar-refractivity contribution in [1.29, 1.82) is 0 Å². The van der Waals surface area contributed by atoms with Gasteiger partial charge < -0.3 is 19.7 Å². The van der Waals surface area contributed by atoms with Crippen LogP contribution in [0, 0.1) is 0 Å². The third-order valence-corrected chi connectivity index (χ3v) is 7.88. The summed E-state index contributed by atoms with van der Waals surface area (Å²) in [6.07, 6.45) is 6.72. The number of aromatic amines is 1. The van der Waals surface area contributed by atoms with Gasteiger partial charge >= 0.3 is 0 Å². The van der Waals surface area contributed by atoms with Gasteiger partial charge in [0.15, 0.2) is 0 Å². The molecule has 2 N–H and O–H groups in total. The van der Waals surface area contributed by atoms with Crippen LogP contribution in [0.15, 0.2) is 54.7 Å². The van der Waals surface area contributed by atoms with Gasteiger partial charge in [-0.05, 0) is 65.6 Å². The van der Waals surface area contributed by atoms with Crippen molar-refractivity contribution in [3.63, 3.8) is 0 Å². The quantitative estimate of drug-likeness (QED) is 0.430. The number of H-pyrrole nitrogens is 1. The SMILES string of the molecule is COc1ccc2c(c1)C1(CC1c1ccc3c(/C=C/c4ccc(N5CCOCC5)nc4)n[nH]c3c1)C(=O)N2. The van der Waals surface area contributed by atoms with E-state index in [4.69, 9.17) is 9.47 Å². The highest BCUT2D eigenvalue weighted by Gasteiger charge is 2.65. The molecule has 3 aliphatic rings. The summed E-state index contributed by atoms with van der Waals surface area (Å²) in [4.78, 5) is 19.9. The average molecular weight is 494 g/mol. The summed E-state index contributed by atoms with van der Waals surface area (Å²) in [6, 6.07) is 16.3. The zero-order chi connectivity index (χ0) is 25.0. The molecule has 186 valence electrons. The number of hydrogen-bond donors (Lipinski definition) is 2. The predicted molar refractivity (Wildman–Crippen MR) is 143 cm³/mol. The summed E-state index contributed by atoms with van der Waals surface area (Å²) < 4.78 is 10.8. The minimum atomic E-state index is -0.513. The molecule has 4 aromatic rings. The van der Waals surface area contributed by atoms with Crippen molar-refractivity contribution in [2.45, 2.75) is 17.8 Å². The molecule has 1 amide bonds. The Hall–Kier alpha value is -4.17. The van der Waals surface area contributed by atoms with Crippen molar-refractivity contribution in [2.24, 2.45) is 0 Å². The summed E-state index contributed by atoms with van der Waals surface area (Å²) in [5.41, 5.74) is 5.40. The van der Waals surface area contributed by atoms with E-state index in [0.29, 0.717) is 0 Å². The molecule has 1 saturated carbocycles. The number of hydrogen-bond acceptors (Lipinski definition) is 6. The molecular weight excluding hydrogens is 466 g/mol. The molecule has 4 heterocycles. The monoisotopic (exact) mass is 493 g/mol. The van der Waals surface area contributed by atoms with Crippen LogP contribution in [0.4, 0.5) is 11.5 Å². The van der Waals surface area contributed by atoms with Gasteiger partial charge in [0.25, 0.3) is 0 Å². The van der Waals surface area contributed by atoms with Gasteiger partial charge in [-0.15, -0.1) is 0 Å². The van der Waals surface area contributed by atoms with Crippen LogP contribution in [0.1, 0.15) is 34.7 Å². The molecule has 2 fully saturated rings. The normalized spacial score (nSPS) is 22.6. The van der Waals surface area contributed by atoms with E-state index in [1.54, 1.807) is 7.11 Å². The van der Waals surface area contributed by atoms with Gasteiger partial charge in [-0.3, -0.25) is 9.89 Å². The summed E-state index contributed by atoms with van der Waals surface area (Å²) in [5, 5.41) is 11.8. The van der Waals surface area contributed by atoms with Crippen molar-refractivity contribution in [3.8, 4) is 5.75 Å². The smallest absolute Gasteiger partial charge is 0.235 e. The molecule has 0 radical (unpaired) electrons. The highest BCUT2D eigenvalue weighted by molar-refractivity contribution is 6.10. The molecule has 2 unspecified atom stereocenters. The lowest BCUT2D eigenvalue weighted by molar-refractivity contribution is -0.118. The number of aromatic nitrogens is 3. The number of morpholine rings is 1. The van der Waals surface area contributed by atoms with Gasteiger partial charge in [0.1, 0.15) is 11.6 Å². The second kappa shape index (κ2) is 8.45. The number of methoxy groups -OCH3 is 1. The van der Waals surface area contributed by atoms with E-state index in [-0.39, 0.29) is 11.8 Å². The first-order chi connectivity index (χ1) is 18.2. The molecule has 8 nitrogen and oxygen atoms in total. The Morgan fingerprint density at radius 3 is 2.81 bits per heavy atom. The maximum Gasteiger partial charge on any atom is 0.235 e. The number of carbonyl (C=O) groups excluding carboxylic acids is 1. The summed E-state index contributed by atoms with van der Waals surface area (Å²) in [7, 11) is 1.65. The van der Waals surface area contributed by atoms with Crippen LogP contribution in [-0.4, -0.2) is 54.5 Å². The molecule has 0 bridgehead atoms. The molecule has 2 aromatic carbocycles. The molecule has 37 heavy (non-hydrogen) atoms. The Kier molecular flexibility index (Phi) is 5.04. The van der Waals surface area contributed by atoms with Crippen LogP contribution in [-0.2, 0) is 14.9 Å². The Morgan fingerprint density at radius 1 is 1.11 bits per heavy atom. The van der Waals surface area contributed by atoms with Crippen LogP contribution >= 0.6 is 0 Å². The Morgan fingerprint density at radius 2 is 2.00 bits per heavy atom. The van der Waals surface area contributed by atoms with Crippen LogP contribution in [0.3, 0.4) is 0 Å². The van der Waals surface area contributed by atoms with Crippen molar-refractivity contribution in [3.05, 3.63) is 77.1 Å². The predicted octanol–water partition coefficient (Wildman–Crippen LogP) is 4.35. The maximum absolute atomic E-state index is 13.0. The van der Waals surface area contributed by atoms with Crippen molar-refractivity contribution in [1.82, 2.24) is 15.2 Å². The Labute approximate surface area is 214 Å². The maximum atomic E-state index is 13.0. The summed E-state index contributed by atoms with van der Waals surface area (Å²) >= 11 is 0. The summed E-state index contributed by atoms with van der Waals surface area (Å²) in [6.45, 7) is 3.23. The Balaban J connectivity index is 1.11. The number of anilines is 2. The fourth-order valence-corrected chi connectivity index (χ4v) is 5.75. The first-order valence-electron chi connectivity index (χ1n) is 12.6. The number of nitrogens with zero attached hydrogens (tertiary/aromatic N) is 3. The van der Waals surface area contributed by atoms with Gasteiger partial charge in [0.2, 0.25) is 5.91 Å². The zero-order valence-electron chi connectivity index (χ0n) is 20.5. The number of nitrogens with one attached hydrogen (secondary N) is 2. The lowest BCUT2D eigenvalue weighted by Crippen LogP contribution is -2.36. The van der Waals surface area contributed by atoms with Crippen molar-refractivity contribution >= 4 is 40.5 Å². The fraction of sp³-hybridized carbons (Fsp3) is 0.276. The minimum absolute atomic E-state index is 0.0716. The highest BCUT2D eigenvalue weighted by Crippen LogP contribution is 2.65. The van der Waals surface area contributed by atoms with Crippen LogP contribution in [0.25, 0.3) is 23.1 Å². The van der Waals surface area contributed by atoms with Gasteiger partial charge in [-0.25, -0.2) is 4.98 Å². The Bertz CT molecular complexity index is 1540. The second-order valence-corrected chi connectivity index (χ2v) is 9.89. The molecule has 2 aliphatic heterocycles. The van der Waals surface area contributed by atoms with Crippen LogP contribution < -0.4 is 15.0 Å². The molecule has 1 aliphatic carbocycles. The molecule has 7 rings (SSSR count). The molecule has 1 spiro atoms. The number of benzene rings is 2. The second-order valence-electron chi connectivity index (χ2n) is 9.89. The van der Waals surface area contributed by atoms with E-state index in [1.165, 1.54) is 0 Å². The lowest BCUT2D eigenvalue weighted by Gasteiger charge is -2.27. The van der Waals surface area contributed by atoms with E-state index >= 15 is 0 Å². The van der Waals surface area contributed by atoms with Gasteiger partial charge in [-0.1, -0.05) is 18.2 Å². The first kappa shape index (κ1) is 22.1. The van der Waals surface area contributed by atoms with E-state index in [2.05, 4.69) is 55.7 Å². The van der Waals surface area contributed by atoms with Gasteiger partial charge in [0.05, 0.1) is 36.9 Å².